The minimum absolute atomic E-state index is 0.0393. The summed E-state index contributed by atoms with van der Waals surface area (Å²) in [5.74, 6) is -3.20. The molecule has 2 saturated heterocycles. The van der Waals surface area contributed by atoms with Crippen LogP contribution in [0.3, 0.4) is 0 Å². The van der Waals surface area contributed by atoms with Crippen molar-refractivity contribution < 1.29 is 23.1 Å². The smallest absolute Gasteiger partial charge is 0.288 e. The molecule has 6 nitrogen and oxygen atoms in total. The van der Waals surface area contributed by atoms with Gasteiger partial charge in [-0.15, -0.1) is 0 Å². The number of halogens is 2. The Morgan fingerprint density at radius 3 is 2.23 bits per heavy atom. The van der Waals surface area contributed by atoms with Crippen molar-refractivity contribution in [2.45, 2.75) is 23.1 Å². The predicted molar refractivity (Wildman–Crippen MR) is 112 cm³/mol. The minimum Gasteiger partial charge on any atom is -0.378 e. The van der Waals surface area contributed by atoms with E-state index in [0.29, 0.717) is 35.6 Å². The summed E-state index contributed by atoms with van der Waals surface area (Å²) >= 11 is 0.420. The van der Waals surface area contributed by atoms with Crippen LogP contribution in [0.15, 0.2) is 53.4 Å². The number of hydrogen-bond acceptors (Lipinski definition) is 6. The number of alkyl halides is 2. The van der Waals surface area contributed by atoms with E-state index < -0.39 is 11.8 Å². The standard InChI is InChI=1S/C21H21F2N3O3S/c22-21(23)30-17-7-5-16(6-8-17)26-19(27)13-18(20(26)28)24-14-1-3-15(4-2-14)25-9-11-29-12-10-25/h1-8,18,21,24H,9-13H2/t18-/m0/s1. The maximum Gasteiger partial charge on any atom is 0.288 e. The maximum absolute atomic E-state index is 12.8. The fourth-order valence-electron chi connectivity index (χ4n) is 3.58. The van der Waals surface area contributed by atoms with Crippen molar-refractivity contribution in [3.8, 4) is 0 Å². The second-order valence-electron chi connectivity index (χ2n) is 6.99. The second kappa shape index (κ2) is 9.01. The molecule has 0 bridgehead atoms. The minimum atomic E-state index is -2.52. The molecule has 2 fully saturated rings. The van der Waals surface area contributed by atoms with Gasteiger partial charge in [0, 0.05) is 29.4 Å². The molecule has 158 valence electrons. The molecule has 0 aromatic heterocycles. The number of nitrogens with one attached hydrogen (secondary N) is 1. The van der Waals surface area contributed by atoms with E-state index in [1.54, 1.807) is 0 Å². The van der Waals surface area contributed by atoms with E-state index in [-0.39, 0.29) is 18.2 Å². The van der Waals surface area contributed by atoms with Gasteiger partial charge in [-0.2, -0.15) is 8.78 Å². The Balaban J connectivity index is 1.41. The van der Waals surface area contributed by atoms with Gasteiger partial charge >= 0.3 is 0 Å². The molecule has 4 rings (SSSR count). The molecular formula is C21H21F2N3O3S. The van der Waals surface area contributed by atoms with Gasteiger partial charge in [0.25, 0.3) is 11.7 Å². The third-order valence-electron chi connectivity index (χ3n) is 5.05. The first kappa shape index (κ1) is 20.6. The Morgan fingerprint density at radius 1 is 0.967 bits per heavy atom. The van der Waals surface area contributed by atoms with E-state index >= 15 is 0 Å². The lowest BCUT2D eigenvalue weighted by atomic mass is 10.2. The lowest BCUT2D eigenvalue weighted by molar-refractivity contribution is -0.121. The Kier molecular flexibility index (Phi) is 6.19. The molecule has 1 N–H and O–H groups in total. The largest absolute Gasteiger partial charge is 0.378 e. The average molecular weight is 433 g/mol. The zero-order valence-corrected chi connectivity index (χ0v) is 16.9. The second-order valence-corrected chi connectivity index (χ2v) is 8.05. The molecule has 0 spiro atoms. The van der Waals surface area contributed by atoms with Gasteiger partial charge in [-0.05, 0) is 48.5 Å². The SMILES string of the molecule is O=C1C[C@H](Nc2ccc(N3CCOCC3)cc2)C(=O)N1c1ccc(SC(F)F)cc1. The number of rotatable bonds is 6. The summed E-state index contributed by atoms with van der Waals surface area (Å²) in [6, 6.07) is 13.1. The van der Waals surface area contributed by atoms with Gasteiger partial charge < -0.3 is 15.0 Å². The number of anilines is 3. The van der Waals surface area contributed by atoms with Gasteiger partial charge in [-0.1, -0.05) is 11.8 Å². The summed E-state index contributed by atoms with van der Waals surface area (Å²) in [7, 11) is 0. The number of morpholine rings is 1. The van der Waals surface area contributed by atoms with Crippen molar-refractivity contribution in [1.29, 1.82) is 0 Å². The number of amides is 2. The van der Waals surface area contributed by atoms with Crippen LogP contribution in [-0.2, 0) is 14.3 Å². The number of thioether (sulfide) groups is 1. The number of ether oxygens (including phenoxy) is 1. The molecule has 1 atom stereocenters. The van der Waals surface area contributed by atoms with Crippen LogP contribution in [0.4, 0.5) is 25.8 Å². The summed E-state index contributed by atoms with van der Waals surface area (Å²) in [5.41, 5.74) is 2.22. The highest BCUT2D eigenvalue weighted by Crippen LogP contribution is 2.30. The summed E-state index contributed by atoms with van der Waals surface area (Å²) < 4.78 is 30.3. The Morgan fingerprint density at radius 2 is 1.60 bits per heavy atom. The van der Waals surface area contributed by atoms with Crippen LogP contribution in [0.2, 0.25) is 0 Å². The molecule has 0 saturated carbocycles. The van der Waals surface area contributed by atoms with E-state index in [9.17, 15) is 18.4 Å². The van der Waals surface area contributed by atoms with Crippen molar-refractivity contribution in [3.05, 3.63) is 48.5 Å². The zero-order chi connectivity index (χ0) is 21.1. The first-order chi connectivity index (χ1) is 14.5. The van der Waals surface area contributed by atoms with Crippen LogP contribution < -0.4 is 15.1 Å². The van der Waals surface area contributed by atoms with Crippen LogP contribution >= 0.6 is 11.8 Å². The molecule has 0 radical (unpaired) electrons. The highest BCUT2D eigenvalue weighted by Gasteiger charge is 2.39. The van der Waals surface area contributed by atoms with E-state index in [1.807, 2.05) is 24.3 Å². The molecule has 2 aliphatic rings. The lowest BCUT2D eigenvalue weighted by Gasteiger charge is -2.29. The number of benzene rings is 2. The van der Waals surface area contributed by atoms with Crippen molar-refractivity contribution in [3.63, 3.8) is 0 Å². The van der Waals surface area contributed by atoms with E-state index in [4.69, 9.17) is 4.74 Å². The number of hydrogen-bond donors (Lipinski definition) is 1. The monoisotopic (exact) mass is 433 g/mol. The van der Waals surface area contributed by atoms with Gasteiger partial charge in [0.2, 0.25) is 5.91 Å². The van der Waals surface area contributed by atoms with Gasteiger partial charge in [-0.25, -0.2) is 4.90 Å². The van der Waals surface area contributed by atoms with Crippen molar-refractivity contribution in [1.82, 2.24) is 0 Å². The average Bonchev–Trinajstić information content (AvgIpc) is 3.02. The van der Waals surface area contributed by atoms with Gasteiger partial charge in [0.05, 0.1) is 25.3 Å². The van der Waals surface area contributed by atoms with E-state index in [0.717, 1.165) is 29.4 Å². The normalized spacial score (nSPS) is 19.6. The summed E-state index contributed by atoms with van der Waals surface area (Å²) in [6.45, 7) is 3.09. The summed E-state index contributed by atoms with van der Waals surface area (Å²) in [5, 5.41) is 3.13. The third kappa shape index (κ3) is 4.57. The molecule has 2 amide bonds. The van der Waals surface area contributed by atoms with Gasteiger partial charge in [-0.3, -0.25) is 9.59 Å². The van der Waals surface area contributed by atoms with Crippen molar-refractivity contribution in [2.24, 2.45) is 0 Å². The summed E-state index contributed by atoms with van der Waals surface area (Å²) in [4.78, 5) is 28.9. The molecule has 0 aliphatic carbocycles. The number of carbonyl (C=O) groups is 2. The summed E-state index contributed by atoms with van der Waals surface area (Å²) in [6.07, 6.45) is 0.0393. The quantitative estimate of drug-likeness (QED) is 0.555. The van der Waals surface area contributed by atoms with Crippen LogP contribution in [-0.4, -0.2) is 49.9 Å². The Bertz CT molecular complexity index is 903. The molecular weight excluding hydrogens is 412 g/mol. The molecule has 2 aromatic carbocycles. The molecule has 2 aromatic rings. The highest BCUT2D eigenvalue weighted by molar-refractivity contribution is 7.99. The van der Waals surface area contributed by atoms with Crippen LogP contribution in [0.25, 0.3) is 0 Å². The fraction of sp³-hybridized carbons (Fsp3) is 0.333. The molecule has 30 heavy (non-hydrogen) atoms. The molecule has 0 unspecified atom stereocenters. The van der Waals surface area contributed by atoms with Crippen LogP contribution in [0, 0.1) is 0 Å². The topological polar surface area (TPSA) is 61.9 Å². The first-order valence-corrected chi connectivity index (χ1v) is 10.5. The van der Waals surface area contributed by atoms with Crippen molar-refractivity contribution in [2.75, 3.05) is 41.4 Å². The predicted octanol–water partition coefficient (Wildman–Crippen LogP) is 3.58. The number of nitrogens with zero attached hydrogens (tertiary/aromatic N) is 2. The third-order valence-corrected chi connectivity index (χ3v) is 5.77. The molecule has 2 aliphatic heterocycles. The Hall–Kier alpha value is -2.65. The first-order valence-electron chi connectivity index (χ1n) is 9.62. The highest BCUT2D eigenvalue weighted by atomic mass is 32.2. The van der Waals surface area contributed by atoms with E-state index in [1.165, 1.54) is 24.3 Å². The zero-order valence-electron chi connectivity index (χ0n) is 16.1. The number of imide groups is 1. The molecule has 2 heterocycles. The van der Waals surface area contributed by atoms with Gasteiger partial charge in [0.15, 0.2) is 0 Å². The fourth-order valence-corrected chi connectivity index (χ4v) is 4.08. The maximum atomic E-state index is 12.8. The van der Waals surface area contributed by atoms with E-state index in [2.05, 4.69) is 10.2 Å². The Labute approximate surface area is 177 Å². The van der Waals surface area contributed by atoms with Crippen LogP contribution in [0.1, 0.15) is 6.42 Å². The van der Waals surface area contributed by atoms with Crippen molar-refractivity contribution >= 4 is 40.6 Å². The van der Waals surface area contributed by atoms with Crippen LogP contribution in [0.5, 0.6) is 0 Å². The lowest BCUT2D eigenvalue weighted by Crippen LogP contribution is -2.36. The molecule has 9 heteroatoms. The van der Waals surface area contributed by atoms with Gasteiger partial charge in [0.1, 0.15) is 6.04 Å². The number of carbonyl (C=O) groups excluding carboxylic acids is 2.